The lowest BCUT2D eigenvalue weighted by atomic mass is 10.1. The molecule has 112 valence electrons. The molecule has 1 atom stereocenters. The highest BCUT2D eigenvalue weighted by molar-refractivity contribution is 7.89. The molecule has 21 heavy (non-hydrogen) atoms. The van der Waals surface area contributed by atoms with Gasteiger partial charge in [0.25, 0.3) is 0 Å². The standard InChI is InChI=1S/C13H13Cl2N3O2S/c1-8(10-3-2-9(14)6-11(10)15)18-21(19,20)13-7-17-5-4-12(13)16/h2-8,18H,1H3,(H2,16,17). The minimum atomic E-state index is -3.79. The van der Waals surface area contributed by atoms with Crippen LogP contribution in [-0.2, 0) is 10.0 Å². The molecule has 0 aliphatic heterocycles. The molecule has 1 heterocycles. The van der Waals surface area contributed by atoms with Crippen molar-refractivity contribution < 1.29 is 8.42 Å². The van der Waals surface area contributed by atoms with Gasteiger partial charge in [-0.05, 0) is 30.7 Å². The van der Waals surface area contributed by atoms with E-state index in [9.17, 15) is 8.42 Å². The van der Waals surface area contributed by atoms with Gasteiger partial charge in [0, 0.05) is 28.5 Å². The SMILES string of the molecule is CC(NS(=O)(=O)c1cnccc1N)c1ccc(Cl)cc1Cl. The number of sulfonamides is 1. The molecular weight excluding hydrogens is 333 g/mol. The second-order valence-corrected chi connectivity index (χ2v) is 6.95. The zero-order valence-electron chi connectivity index (χ0n) is 11.0. The van der Waals surface area contributed by atoms with E-state index in [-0.39, 0.29) is 10.6 Å². The summed E-state index contributed by atoms with van der Waals surface area (Å²) in [6.07, 6.45) is 2.63. The molecule has 0 bridgehead atoms. The monoisotopic (exact) mass is 345 g/mol. The van der Waals surface area contributed by atoms with Gasteiger partial charge in [0.05, 0.1) is 5.69 Å². The van der Waals surface area contributed by atoms with E-state index in [1.165, 1.54) is 18.5 Å². The summed E-state index contributed by atoms with van der Waals surface area (Å²) in [5.74, 6) is 0. The van der Waals surface area contributed by atoms with Gasteiger partial charge in [-0.3, -0.25) is 4.98 Å². The van der Waals surface area contributed by atoms with Gasteiger partial charge in [-0.15, -0.1) is 0 Å². The number of hydrogen-bond donors (Lipinski definition) is 2. The van der Waals surface area contributed by atoms with E-state index in [1.807, 2.05) is 0 Å². The number of benzene rings is 1. The average molecular weight is 346 g/mol. The highest BCUT2D eigenvalue weighted by Crippen LogP contribution is 2.27. The van der Waals surface area contributed by atoms with Crippen LogP contribution in [0.5, 0.6) is 0 Å². The molecule has 5 nitrogen and oxygen atoms in total. The molecule has 0 spiro atoms. The molecule has 0 radical (unpaired) electrons. The van der Waals surface area contributed by atoms with Crippen LogP contribution in [0.1, 0.15) is 18.5 Å². The van der Waals surface area contributed by atoms with E-state index < -0.39 is 16.1 Å². The third-order valence-electron chi connectivity index (χ3n) is 2.87. The molecule has 0 amide bonds. The second-order valence-electron chi connectivity index (χ2n) is 4.42. The van der Waals surface area contributed by atoms with Gasteiger partial charge in [-0.25, -0.2) is 13.1 Å². The van der Waals surface area contributed by atoms with Crippen LogP contribution >= 0.6 is 23.2 Å². The molecule has 0 saturated carbocycles. The van der Waals surface area contributed by atoms with Crippen LogP contribution in [0.3, 0.4) is 0 Å². The van der Waals surface area contributed by atoms with Crippen LogP contribution < -0.4 is 10.5 Å². The van der Waals surface area contributed by atoms with Crippen LogP contribution in [0.4, 0.5) is 5.69 Å². The maximum Gasteiger partial charge on any atom is 0.244 e. The molecule has 2 rings (SSSR count). The molecule has 0 aliphatic rings. The largest absolute Gasteiger partial charge is 0.398 e. The summed E-state index contributed by atoms with van der Waals surface area (Å²) < 4.78 is 27.1. The molecule has 1 aromatic heterocycles. The normalized spacial score (nSPS) is 13.1. The van der Waals surface area contributed by atoms with E-state index in [0.29, 0.717) is 15.6 Å². The number of hydrogen-bond acceptors (Lipinski definition) is 4. The van der Waals surface area contributed by atoms with Crippen LogP contribution in [-0.4, -0.2) is 13.4 Å². The molecule has 0 fully saturated rings. The van der Waals surface area contributed by atoms with Crippen LogP contribution in [0.2, 0.25) is 10.0 Å². The van der Waals surface area contributed by atoms with E-state index in [2.05, 4.69) is 9.71 Å². The first-order chi connectivity index (χ1) is 9.81. The Morgan fingerprint density at radius 2 is 2.00 bits per heavy atom. The average Bonchev–Trinajstić information content (AvgIpc) is 2.38. The van der Waals surface area contributed by atoms with Crippen LogP contribution in [0.15, 0.2) is 41.6 Å². The number of nitrogen functional groups attached to an aromatic ring is 1. The van der Waals surface area contributed by atoms with Crippen molar-refractivity contribution in [2.75, 3.05) is 5.73 Å². The van der Waals surface area contributed by atoms with Gasteiger partial charge in [-0.2, -0.15) is 0 Å². The molecule has 8 heteroatoms. The van der Waals surface area contributed by atoms with Gasteiger partial charge in [-0.1, -0.05) is 29.3 Å². The zero-order chi connectivity index (χ0) is 15.6. The number of nitrogens with one attached hydrogen (secondary N) is 1. The quantitative estimate of drug-likeness (QED) is 0.891. The minimum Gasteiger partial charge on any atom is -0.398 e. The van der Waals surface area contributed by atoms with Crippen molar-refractivity contribution in [2.45, 2.75) is 17.9 Å². The molecule has 1 aromatic carbocycles. The fourth-order valence-corrected chi connectivity index (χ4v) is 3.70. The van der Waals surface area contributed by atoms with Gasteiger partial charge < -0.3 is 5.73 Å². The Bertz CT molecular complexity index is 766. The maximum absolute atomic E-state index is 12.3. The lowest BCUT2D eigenvalue weighted by molar-refractivity contribution is 0.567. The fraction of sp³-hybridized carbons (Fsp3) is 0.154. The maximum atomic E-state index is 12.3. The van der Waals surface area contributed by atoms with Crippen molar-refractivity contribution in [1.29, 1.82) is 0 Å². The number of rotatable bonds is 4. The van der Waals surface area contributed by atoms with E-state index in [4.69, 9.17) is 28.9 Å². The Kier molecular flexibility index (Phi) is 4.73. The van der Waals surface area contributed by atoms with Crippen LogP contribution in [0, 0.1) is 0 Å². The van der Waals surface area contributed by atoms with Crippen molar-refractivity contribution in [3.05, 3.63) is 52.3 Å². The highest BCUT2D eigenvalue weighted by atomic mass is 35.5. The van der Waals surface area contributed by atoms with Crippen molar-refractivity contribution in [1.82, 2.24) is 9.71 Å². The third kappa shape index (κ3) is 3.65. The Labute approximate surface area is 133 Å². The number of nitrogens with zero attached hydrogens (tertiary/aromatic N) is 1. The molecule has 0 saturated heterocycles. The van der Waals surface area contributed by atoms with Gasteiger partial charge in [0.1, 0.15) is 4.90 Å². The van der Waals surface area contributed by atoms with Crippen LogP contribution in [0.25, 0.3) is 0 Å². The first kappa shape index (κ1) is 16.0. The van der Waals surface area contributed by atoms with Crippen molar-refractivity contribution in [3.63, 3.8) is 0 Å². The number of aromatic nitrogens is 1. The summed E-state index contributed by atoms with van der Waals surface area (Å²) in [5, 5.41) is 0.868. The van der Waals surface area contributed by atoms with E-state index in [1.54, 1.807) is 25.1 Å². The van der Waals surface area contributed by atoms with E-state index in [0.717, 1.165) is 0 Å². The minimum absolute atomic E-state index is 0.0677. The first-order valence-corrected chi connectivity index (χ1v) is 8.22. The number of nitrogens with two attached hydrogens (primary N) is 1. The molecular formula is C13H13Cl2N3O2S. The van der Waals surface area contributed by atoms with Gasteiger partial charge >= 0.3 is 0 Å². The smallest absolute Gasteiger partial charge is 0.244 e. The summed E-state index contributed by atoms with van der Waals surface area (Å²) in [4.78, 5) is 3.71. The molecule has 1 unspecified atom stereocenters. The second kappa shape index (κ2) is 6.19. The Balaban J connectivity index is 2.30. The van der Waals surface area contributed by atoms with Gasteiger partial charge in [0.15, 0.2) is 0 Å². The Morgan fingerprint density at radius 3 is 2.62 bits per heavy atom. The summed E-state index contributed by atoms with van der Waals surface area (Å²) in [6, 6.07) is 5.76. The lowest BCUT2D eigenvalue weighted by Gasteiger charge is -2.16. The predicted octanol–water partition coefficient (Wildman–Crippen LogP) is 3.01. The summed E-state index contributed by atoms with van der Waals surface area (Å²) in [5.41, 5.74) is 6.42. The predicted molar refractivity (Wildman–Crippen MR) is 83.8 cm³/mol. The fourth-order valence-electron chi connectivity index (χ4n) is 1.83. The summed E-state index contributed by atoms with van der Waals surface area (Å²) in [7, 11) is -3.79. The number of anilines is 1. The van der Waals surface area contributed by atoms with Crippen molar-refractivity contribution in [2.24, 2.45) is 0 Å². The lowest BCUT2D eigenvalue weighted by Crippen LogP contribution is -2.27. The third-order valence-corrected chi connectivity index (χ3v) is 5.01. The Morgan fingerprint density at radius 1 is 1.29 bits per heavy atom. The van der Waals surface area contributed by atoms with E-state index >= 15 is 0 Å². The number of halogens is 2. The molecule has 0 aliphatic carbocycles. The summed E-state index contributed by atoms with van der Waals surface area (Å²) >= 11 is 11.9. The number of pyridine rings is 1. The summed E-state index contributed by atoms with van der Waals surface area (Å²) in [6.45, 7) is 1.68. The van der Waals surface area contributed by atoms with Crippen molar-refractivity contribution >= 4 is 38.9 Å². The zero-order valence-corrected chi connectivity index (χ0v) is 13.4. The highest BCUT2D eigenvalue weighted by Gasteiger charge is 2.22. The van der Waals surface area contributed by atoms with Crippen molar-refractivity contribution in [3.8, 4) is 0 Å². The molecule has 3 N–H and O–H groups in total. The molecule has 2 aromatic rings. The topological polar surface area (TPSA) is 85.1 Å². The van der Waals surface area contributed by atoms with Gasteiger partial charge in [0.2, 0.25) is 10.0 Å². The first-order valence-electron chi connectivity index (χ1n) is 5.98. The Hall–Kier alpha value is -1.34.